The van der Waals surface area contributed by atoms with Crippen LogP contribution in [-0.2, 0) is 4.79 Å². The summed E-state index contributed by atoms with van der Waals surface area (Å²) in [6.45, 7) is 0. The molecule has 3 N–H and O–H groups in total. The van der Waals surface area contributed by atoms with E-state index in [0.717, 1.165) is 25.7 Å². The van der Waals surface area contributed by atoms with E-state index in [0.29, 0.717) is 11.8 Å². The minimum absolute atomic E-state index is 0. The predicted molar refractivity (Wildman–Crippen MR) is 51.8 cm³/mol. The summed E-state index contributed by atoms with van der Waals surface area (Å²) in [5, 5.41) is 8.95. The van der Waals surface area contributed by atoms with Crippen molar-refractivity contribution in [1.82, 2.24) is 0 Å². The van der Waals surface area contributed by atoms with Crippen molar-refractivity contribution in [1.29, 1.82) is 0 Å². The summed E-state index contributed by atoms with van der Waals surface area (Å²) in [6.07, 6.45) is 4.45. The maximum atomic E-state index is 10.9. The van der Waals surface area contributed by atoms with Crippen LogP contribution < -0.4 is 5.73 Å². The van der Waals surface area contributed by atoms with Gasteiger partial charge in [-0.1, -0.05) is 0 Å². The Bertz CT molecular complexity index is 200. The number of hydrogen-bond acceptors (Lipinski definition) is 2. The second kappa shape index (κ2) is 3.84. The van der Waals surface area contributed by atoms with Gasteiger partial charge in [-0.2, -0.15) is 0 Å². The average molecular weight is 206 g/mol. The van der Waals surface area contributed by atoms with E-state index in [1.165, 1.54) is 0 Å². The van der Waals surface area contributed by atoms with Gasteiger partial charge in [0.25, 0.3) is 0 Å². The minimum Gasteiger partial charge on any atom is -0.481 e. The van der Waals surface area contributed by atoms with E-state index in [1.54, 1.807) is 0 Å². The summed E-state index contributed by atoms with van der Waals surface area (Å²) in [4.78, 5) is 10.9. The second-order valence-electron chi connectivity index (χ2n) is 4.12. The highest BCUT2D eigenvalue weighted by Crippen LogP contribution is 2.44. The van der Waals surface area contributed by atoms with Crippen LogP contribution in [0.5, 0.6) is 0 Å². The number of nitrogens with two attached hydrogens (primary N) is 1. The fourth-order valence-electron chi connectivity index (χ4n) is 2.86. The number of carboxylic acids is 1. The molecule has 13 heavy (non-hydrogen) atoms. The summed E-state index contributed by atoms with van der Waals surface area (Å²) < 4.78 is 0. The number of carboxylic acid groups (broad SMARTS) is 1. The third-order valence-corrected chi connectivity index (χ3v) is 3.57. The summed E-state index contributed by atoms with van der Waals surface area (Å²) in [7, 11) is 0. The zero-order chi connectivity index (χ0) is 8.72. The Hall–Kier alpha value is -0.280. The maximum Gasteiger partial charge on any atom is 0.308 e. The Morgan fingerprint density at radius 3 is 1.92 bits per heavy atom. The zero-order valence-electron chi connectivity index (χ0n) is 7.48. The Morgan fingerprint density at radius 1 is 1.15 bits per heavy atom. The molecule has 0 saturated heterocycles. The van der Waals surface area contributed by atoms with Crippen molar-refractivity contribution in [3.63, 3.8) is 0 Å². The number of hydrogen-bond donors (Lipinski definition) is 2. The molecule has 0 unspecified atom stereocenters. The molecule has 3 aliphatic rings. The lowest BCUT2D eigenvalue weighted by atomic mass is 9.62. The molecular weight excluding hydrogens is 190 g/mol. The van der Waals surface area contributed by atoms with Gasteiger partial charge in [-0.15, -0.1) is 12.4 Å². The molecule has 4 heteroatoms. The second-order valence-corrected chi connectivity index (χ2v) is 4.12. The topological polar surface area (TPSA) is 63.3 Å². The van der Waals surface area contributed by atoms with E-state index in [-0.39, 0.29) is 24.4 Å². The van der Waals surface area contributed by atoms with Crippen LogP contribution in [0.25, 0.3) is 0 Å². The first-order valence-electron chi connectivity index (χ1n) is 4.68. The molecule has 3 rings (SSSR count). The van der Waals surface area contributed by atoms with E-state index >= 15 is 0 Å². The molecule has 3 aliphatic carbocycles. The van der Waals surface area contributed by atoms with Gasteiger partial charge in [0.2, 0.25) is 0 Å². The van der Waals surface area contributed by atoms with E-state index in [1.807, 2.05) is 0 Å². The summed E-state index contributed by atoms with van der Waals surface area (Å²) in [6, 6.07) is -0.0741. The number of carbonyl (C=O) groups is 1. The van der Waals surface area contributed by atoms with Crippen molar-refractivity contribution >= 4 is 18.4 Å². The van der Waals surface area contributed by atoms with Crippen LogP contribution in [0.1, 0.15) is 25.7 Å². The van der Waals surface area contributed by atoms with Crippen molar-refractivity contribution in [2.45, 2.75) is 31.7 Å². The Kier molecular flexibility index (Phi) is 3.19. The van der Waals surface area contributed by atoms with Gasteiger partial charge < -0.3 is 10.8 Å². The third-order valence-electron chi connectivity index (χ3n) is 3.57. The first-order chi connectivity index (χ1) is 5.70. The summed E-state index contributed by atoms with van der Waals surface area (Å²) in [5.41, 5.74) is 5.88. The van der Waals surface area contributed by atoms with Crippen LogP contribution >= 0.6 is 12.4 Å². The van der Waals surface area contributed by atoms with Gasteiger partial charge in [0.05, 0.1) is 5.92 Å². The fraction of sp³-hybridized carbons (Fsp3) is 0.889. The molecule has 3 saturated carbocycles. The van der Waals surface area contributed by atoms with Crippen LogP contribution in [0.2, 0.25) is 0 Å². The Labute approximate surface area is 84.1 Å². The van der Waals surface area contributed by atoms with Crippen molar-refractivity contribution in [2.24, 2.45) is 23.5 Å². The van der Waals surface area contributed by atoms with Crippen molar-refractivity contribution in [2.75, 3.05) is 0 Å². The molecule has 0 amide bonds. The molecule has 0 spiro atoms. The molecule has 3 nitrogen and oxygen atoms in total. The van der Waals surface area contributed by atoms with Crippen LogP contribution in [0.15, 0.2) is 0 Å². The monoisotopic (exact) mass is 205 g/mol. The van der Waals surface area contributed by atoms with Gasteiger partial charge >= 0.3 is 5.97 Å². The first-order valence-corrected chi connectivity index (χ1v) is 4.68. The lowest BCUT2D eigenvalue weighted by Gasteiger charge is -2.45. The predicted octanol–water partition coefficient (Wildman–Crippen LogP) is 1.26. The van der Waals surface area contributed by atoms with E-state index in [4.69, 9.17) is 10.8 Å². The average Bonchev–Trinajstić information content (AvgIpc) is 2.05. The summed E-state index contributed by atoms with van der Waals surface area (Å²) >= 11 is 0. The number of fused-ring (bicyclic) bond motifs is 3. The Balaban J connectivity index is 0.000000845. The molecule has 76 valence electrons. The molecule has 3 fully saturated rings. The van der Waals surface area contributed by atoms with Gasteiger partial charge in [0.15, 0.2) is 0 Å². The van der Waals surface area contributed by atoms with E-state index < -0.39 is 5.97 Å². The van der Waals surface area contributed by atoms with Crippen molar-refractivity contribution in [3.8, 4) is 0 Å². The molecular formula is C9H16ClNO2. The lowest BCUT2D eigenvalue weighted by Crippen LogP contribution is -2.52. The third kappa shape index (κ3) is 1.67. The molecule has 0 radical (unpaired) electrons. The van der Waals surface area contributed by atoms with Crippen molar-refractivity contribution < 1.29 is 9.90 Å². The quantitative estimate of drug-likeness (QED) is 0.678. The highest BCUT2D eigenvalue weighted by molar-refractivity contribution is 5.85. The zero-order valence-corrected chi connectivity index (χ0v) is 8.30. The Morgan fingerprint density at radius 2 is 1.62 bits per heavy atom. The highest BCUT2D eigenvalue weighted by atomic mass is 35.5. The van der Waals surface area contributed by atoms with Gasteiger partial charge in [0.1, 0.15) is 0 Å². The van der Waals surface area contributed by atoms with Gasteiger partial charge in [-0.3, -0.25) is 4.79 Å². The van der Waals surface area contributed by atoms with E-state index in [2.05, 4.69) is 0 Å². The highest BCUT2D eigenvalue weighted by Gasteiger charge is 2.45. The van der Waals surface area contributed by atoms with Gasteiger partial charge in [-0.25, -0.2) is 0 Å². The van der Waals surface area contributed by atoms with Crippen LogP contribution in [0.4, 0.5) is 0 Å². The number of aliphatic carboxylic acids is 1. The fourth-order valence-corrected chi connectivity index (χ4v) is 2.86. The molecule has 2 atom stereocenters. The minimum atomic E-state index is -0.683. The molecule has 2 bridgehead atoms. The smallest absolute Gasteiger partial charge is 0.308 e. The molecule has 0 aromatic heterocycles. The van der Waals surface area contributed by atoms with E-state index in [9.17, 15) is 4.79 Å². The van der Waals surface area contributed by atoms with Crippen LogP contribution in [0, 0.1) is 17.8 Å². The molecule has 0 heterocycles. The standard InChI is InChI=1S/C9H15NO2.ClH/c10-8-6-3-1-5(2-4-6)7(8)9(11)12;/h5-8H,1-4,10H2,(H,11,12);1H/t5?,6?,7-,8+;/m0./s1. The molecule has 0 aromatic rings. The SMILES string of the molecule is Cl.N[C@@H]1C2CCC(CC2)[C@@H]1C(=O)O. The first kappa shape index (κ1) is 10.8. The lowest BCUT2D eigenvalue weighted by molar-refractivity contribution is -0.148. The van der Waals surface area contributed by atoms with Crippen LogP contribution in [-0.4, -0.2) is 17.1 Å². The van der Waals surface area contributed by atoms with Gasteiger partial charge in [-0.05, 0) is 37.5 Å². The van der Waals surface area contributed by atoms with Crippen LogP contribution in [0.3, 0.4) is 0 Å². The number of halogens is 1. The largest absolute Gasteiger partial charge is 0.481 e. The molecule has 0 aromatic carbocycles. The molecule has 0 aliphatic heterocycles. The maximum absolute atomic E-state index is 10.9. The number of rotatable bonds is 1. The summed E-state index contributed by atoms with van der Waals surface area (Å²) in [5.74, 6) is -0.0898. The van der Waals surface area contributed by atoms with Crippen molar-refractivity contribution in [3.05, 3.63) is 0 Å². The van der Waals surface area contributed by atoms with Gasteiger partial charge in [0, 0.05) is 6.04 Å². The normalized spacial score (nSPS) is 42.5.